The lowest BCUT2D eigenvalue weighted by Gasteiger charge is -2.23. The summed E-state index contributed by atoms with van der Waals surface area (Å²) in [5.74, 6) is -3.68. The van der Waals surface area contributed by atoms with Crippen LogP contribution in [0, 0.1) is 0 Å². The molecule has 0 aromatic heterocycles. The van der Waals surface area contributed by atoms with E-state index in [0.717, 1.165) is 20.8 Å². The first-order valence-electron chi connectivity index (χ1n) is 4.40. The molecule has 7 heteroatoms. The number of carbonyl (C=O) groups excluding carboxylic acids is 4. The van der Waals surface area contributed by atoms with Crippen LogP contribution < -0.4 is 0 Å². The Hall–Kier alpha value is -1.92. The molecule has 0 bridgehead atoms. The van der Waals surface area contributed by atoms with Crippen molar-refractivity contribution in [1.82, 2.24) is 0 Å². The summed E-state index contributed by atoms with van der Waals surface area (Å²) < 4.78 is 13.5. The van der Waals surface area contributed by atoms with E-state index in [-0.39, 0.29) is 0 Å². The fourth-order valence-corrected chi connectivity index (χ4v) is 1.30. The van der Waals surface area contributed by atoms with Crippen LogP contribution in [0.2, 0.25) is 0 Å². The Morgan fingerprint density at radius 3 is 2.25 bits per heavy atom. The molecule has 1 rings (SSSR count). The molecule has 16 heavy (non-hydrogen) atoms. The molecule has 0 aromatic carbocycles. The van der Waals surface area contributed by atoms with Gasteiger partial charge in [-0.3, -0.25) is 9.59 Å². The third kappa shape index (κ3) is 2.02. The zero-order valence-corrected chi connectivity index (χ0v) is 8.94. The first-order chi connectivity index (χ1) is 7.27. The van der Waals surface area contributed by atoms with Crippen LogP contribution in [0.1, 0.15) is 20.8 Å². The molecule has 1 saturated heterocycles. The summed E-state index contributed by atoms with van der Waals surface area (Å²) in [6, 6.07) is 0. The Balaban J connectivity index is 3.01. The molecule has 0 aliphatic carbocycles. The van der Waals surface area contributed by atoms with Crippen molar-refractivity contribution in [2.75, 3.05) is 0 Å². The second-order valence-electron chi connectivity index (χ2n) is 3.40. The summed E-state index contributed by atoms with van der Waals surface area (Å²) in [4.78, 5) is 44.1. The van der Waals surface area contributed by atoms with Crippen LogP contribution in [0.15, 0.2) is 0 Å². The number of carbonyl (C=O) groups is 4. The van der Waals surface area contributed by atoms with Gasteiger partial charge in [-0.1, -0.05) is 0 Å². The number of esters is 4. The predicted octanol–water partition coefficient (Wildman–Crippen LogP) is -0.677. The lowest BCUT2D eigenvalue weighted by atomic mass is 10.0. The lowest BCUT2D eigenvalue weighted by Crippen LogP contribution is -2.48. The summed E-state index contributed by atoms with van der Waals surface area (Å²) in [6.07, 6.45) is -1.55. The maximum atomic E-state index is 11.3. The minimum absolute atomic E-state index is 0.782. The van der Waals surface area contributed by atoms with Crippen LogP contribution in [0.3, 0.4) is 0 Å². The largest absolute Gasteiger partial charge is 0.445 e. The average Bonchev–Trinajstić information content (AvgIpc) is 2.28. The molecule has 0 aromatic rings. The third-order valence-corrected chi connectivity index (χ3v) is 1.95. The van der Waals surface area contributed by atoms with Gasteiger partial charge in [-0.2, -0.15) is 0 Å². The summed E-state index contributed by atoms with van der Waals surface area (Å²) in [5, 5.41) is 0. The van der Waals surface area contributed by atoms with Crippen LogP contribution in [0.4, 0.5) is 0 Å². The second-order valence-corrected chi connectivity index (χ2v) is 3.40. The van der Waals surface area contributed by atoms with Gasteiger partial charge in [0.25, 0.3) is 5.60 Å². The average molecular weight is 230 g/mol. The van der Waals surface area contributed by atoms with Gasteiger partial charge in [0.05, 0.1) is 0 Å². The van der Waals surface area contributed by atoms with E-state index in [2.05, 4.69) is 14.2 Å². The Bertz CT molecular complexity index is 372. The summed E-state index contributed by atoms with van der Waals surface area (Å²) in [7, 11) is 0. The molecule has 1 heterocycles. The van der Waals surface area contributed by atoms with Crippen molar-refractivity contribution in [1.29, 1.82) is 0 Å². The van der Waals surface area contributed by atoms with Crippen LogP contribution in [-0.4, -0.2) is 35.6 Å². The number of cyclic esters (lactones) is 2. The smallest absolute Gasteiger partial charge is 0.362 e. The van der Waals surface area contributed by atoms with Crippen molar-refractivity contribution in [2.45, 2.75) is 32.5 Å². The van der Waals surface area contributed by atoms with E-state index in [1.165, 1.54) is 0 Å². The normalized spacial score (nSPS) is 28.6. The maximum Gasteiger partial charge on any atom is 0.362 e. The zero-order valence-electron chi connectivity index (χ0n) is 8.94. The number of hydrogen-bond donors (Lipinski definition) is 0. The molecular weight excluding hydrogens is 220 g/mol. The van der Waals surface area contributed by atoms with E-state index >= 15 is 0 Å². The Morgan fingerprint density at radius 1 is 1.25 bits per heavy atom. The van der Waals surface area contributed by atoms with Crippen LogP contribution in [0.5, 0.6) is 0 Å². The summed E-state index contributed by atoms with van der Waals surface area (Å²) >= 11 is 0. The van der Waals surface area contributed by atoms with E-state index in [4.69, 9.17) is 0 Å². The van der Waals surface area contributed by atoms with Gasteiger partial charge in [-0.25, -0.2) is 9.59 Å². The fourth-order valence-electron chi connectivity index (χ4n) is 1.30. The summed E-state index contributed by atoms with van der Waals surface area (Å²) in [6.45, 7) is 3.27. The van der Waals surface area contributed by atoms with Gasteiger partial charge < -0.3 is 14.2 Å². The molecule has 0 spiro atoms. The third-order valence-electron chi connectivity index (χ3n) is 1.95. The monoisotopic (exact) mass is 230 g/mol. The Kier molecular flexibility index (Phi) is 2.97. The molecule has 0 radical (unpaired) electrons. The maximum absolute atomic E-state index is 11.3. The first-order valence-corrected chi connectivity index (χ1v) is 4.40. The minimum Gasteiger partial charge on any atom is -0.445 e. The van der Waals surface area contributed by atoms with Gasteiger partial charge >= 0.3 is 23.9 Å². The lowest BCUT2D eigenvalue weighted by molar-refractivity contribution is -0.181. The first kappa shape index (κ1) is 12.2. The molecule has 0 amide bonds. The van der Waals surface area contributed by atoms with Crippen LogP contribution >= 0.6 is 0 Å². The van der Waals surface area contributed by atoms with E-state index in [9.17, 15) is 19.2 Å². The molecule has 1 fully saturated rings. The standard InChI is InChI=1S/C9H10O7/c1-4(10)14-6-7(12)15-8(13)9(6,3)16-5(2)11/h6H,1-3H3/t6-,9+/m0/s1. The van der Waals surface area contributed by atoms with Gasteiger partial charge in [0.2, 0.25) is 6.10 Å². The van der Waals surface area contributed by atoms with E-state index in [1.54, 1.807) is 0 Å². The SMILES string of the molecule is CC(=O)O[C@H]1C(=O)OC(=O)[C@]1(C)OC(C)=O. The van der Waals surface area contributed by atoms with Crippen molar-refractivity contribution < 1.29 is 33.4 Å². The second kappa shape index (κ2) is 3.92. The molecule has 0 N–H and O–H groups in total. The van der Waals surface area contributed by atoms with Gasteiger partial charge in [0, 0.05) is 13.8 Å². The van der Waals surface area contributed by atoms with Gasteiger partial charge in [-0.05, 0) is 6.92 Å². The van der Waals surface area contributed by atoms with Gasteiger partial charge in [0.15, 0.2) is 0 Å². The van der Waals surface area contributed by atoms with Gasteiger partial charge in [-0.15, -0.1) is 0 Å². The van der Waals surface area contributed by atoms with Crippen molar-refractivity contribution in [3.05, 3.63) is 0 Å². The predicted molar refractivity (Wildman–Crippen MR) is 46.8 cm³/mol. The van der Waals surface area contributed by atoms with Crippen molar-refractivity contribution in [3.63, 3.8) is 0 Å². The van der Waals surface area contributed by atoms with Crippen molar-refractivity contribution in [3.8, 4) is 0 Å². The number of hydrogen-bond acceptors (Lipinski definition) is 7. The molecule has 7 nitrogen and oxygen atoms in total. The van der Waals surface area contributed by atoms with E-state index < -0.39 is 35.6 Å². The fraction of sp³-hybridized carbons (Fsp3) is 0.556. The van der Waals surface area contributed by atoms with Crippen molar-refractivity contribution >= 4 is 23.9 Å². The molecule has 1 aliphatic rings. The Morgan fingerprint density at radius 2 is 1.81 bits per heavy atom. The molecular formula is C9H10O7. The molecule has 0 saturated carbocycles. The zero-order chi connectivity index (χ0) is 12.5. The molecule has 88 valence electrons. The molecule has 2 atom stereocenters. The highest BCUT2D eigenvalue weighted by molar-refractivity contribution is 6.04. The highest BCUT2D eigenvalue weighted by Crippen LogP contribution is 2.28. The Labute approximate surface area is 90.6 Å². The topological polar surface area (TPSA) is 96.0 Å². The quantitative estimate of drug-likeness (QED) is 0.352. The minimum atomic E-state index is -1.91. The molecule has 1 aliphatic heterocycles. The molecule has 0 unspecified atom stereocenters. The highest BCUT2D eigenvalue weighted by atomic mass is 16.7. The summed E-state index contributed by atoms with van der Waals surface area (Å²) in [5.41, 5.74) is -1.91. The highest BCUT2D eigenvalue weighted by Gasteiger charge is 2.60. The van der Waals surface area contributed by atoms with E-state index in [0.29, 0.717) is 0 Å². The van der Waals surface area contributed by atoms with Gasteiger partial charge in [0.1, 0.15) is 0 Å². The van der Waals surface area contributed by atoms with Crippen molar-refractivity contribution in [2.24, 2.45) is 0 Å². The van der Waals surface area contributed by atoms with E-state index in [1.807, 2.05) is 0 Å². The van der Waals surface area contributed by atoms with Crippen LogP contribution in [-0.2, 0) is 33.4 Å². The van der Waals surface area contributed by atoms with Crippen LogP contribution in [0.25, 0.3) is 0 Å². The number of ether oxygens (including phenoxy) is 3. The number of rotatable bonds is 2.